The molecular formula is C21H18N2O. The van der Waals surface area contributed by atoms with Crippen LogP contribution in [0.5, 0.6) is 0 Å². The summed E-state index contributed by atoms with van der Waals surface area (Å²) < 4.78 is 1.94. The van der Waals surface area contributed by atoms with Crippen molar-refractivity contribution in [1.29, 1.82) is 0 Å². The molecule has 24 heavy (non-hydrogen) atoms. The summed E-state index contributed by atoms with van der Waals surface area (Å²) in [6.07, 6.45) is 2.85. The van der Waals surface area contributed by atoms with E-state index in [4.69, 9.17) is 0 Å². The smallest absolute Gasteiger partial charge is 0.152 e. The van der Waals surface area contributed by atoms with E-state index in [1.54, 1.807) is 0 Å². The molecular weight excluding hydrogens is 296 g/mol. The second-order valence-electron chi connectivity index (χ2n) is 6.30. The minimum absolute atomic E-state index is 0.198. The first kappa shape index (κ1) is 14.6. The van der Waals surface area contributed by atoms with E-state index in [-0.39, 0.29) is 5.92 Å². The molecule has 0 saturated carbocycles. The van der Waals surface area contributed by atoms with Gasteiger partial charge in [-0.05, 0) is 11.5 Å². The average Bonchev–Trinajstić information content (AvgIpc) is 2.97. The number of carbonyl (C=O) groups excluding carboxylic acids is 1. The second-order valence-corrected chi connectivity index (χ2v) is 6.30. The van der Waals surface area contributed by atoms with Gasteiger partial charge < -0.3 is 0 Å². The fourth-order valence-corrected chi connectivity index (χ4v) is 3.48. The summed E-state index contributed by atoms with van der Waals surface area (Å²) in [5, 5.41) is 6.83. The third kappa shape index (κ3) is 2.05. The molecule has 0 aliphatic rings. The second kappa shape index (κ2) is 5.60. The molecule has 0 radical (unpaired) electrons. The number of carbonyl (C=O) groups is 1. The summed E-state index contributed by atoms with van der Waals surface area (Å²) in [6, 6.07) is 18.3. The fourth-order valence-electron chi connectivity index (χ4n) is 3.48. The van der Waals surface area contributed by atoms with Crippen LogP contribution >= 0.6 is 0 Å². The van der Waals surface area contributed by atoms with Gasteiger partial charge >= 0.3 is 0 Å². The van der Waals surface area contributed by atoms with Crippen LogP contribution in [-0.4, -0.2) is 15.9 Å². The molecule has 2 aromatic carbocycles. The Morgan fingerprint density at radius 2 is 1.71 bits per heavy atom. The molecule has 0 aliphatic heterocycles. The van der Waals surface area contributed by atoms with Crippen LogP contribution in [0, 0.1) is 0 Å². The molecule has 2 aromatic heterocycles. The van der Waals surface area contributed by atoms with Crippen molar-refractivity contribution < 1.29 is 4.79 Å². The number of nitrogens with zero attached hydrogens (tertiary/aromatic N) is 2. The van der Waals surface area contributed by atoms with Crippen molar-refractivity contribution in [3.8, 4) is 11.1 Å². The molecule has 0 N–H and O–H groups in total. The molecule has 0 spiro atoms. The third-order valence-electron chi connectivity index (χ3n) is 4.48. The lowest BCUT2D eigenvalue weighted by Gasteiger charge is -2.07. The van der Waals surface area contributed by atoms with E-state index in [1.165, 1.54) is 0 Å². The van der Waals surface area contributed by atoms with E-state index in [1.807, 2.05) is 53.2 Å². The minimum atomic E-state index is 0.198. The number of hydrogen-bond donors (Lipinski definition) is 0. The molecule has 0 aliphatic carbocycles. The molecule has 2 heterocycles. The van der Waals surface area contributed by atoms with Gasteiger partial charge in [0.25, 0.3) is 0 Å². The van der Waals surface area contributed by atoms with Gasteiger partial charge in [0.2, 0.25) is 0 Å². The van der Waals surface area contributed by atoms with Gasteiger partial charge in [0.1, 0.15) is 0 Å². The normalized spacial score (nSPS) is 11.5. The largest absolute Gasteiger partial charge is 0.298 e. The zero-order valence-corrected chi connectivity index (χ0v) is 13.7. The van der Waals surface area contributed by atoms with Gasteiger partial charge in [-0.2, -0.15) is 5.10 Å². The van der Waals surface area contributed by atoms with Crippen LogP contribution in [-0.2, 0) is 0 Å². The summed E-state index contributed by atoms with van der Waals surface area (Å²) in [7, 11) is 0. The van der Waals surface area contributed by atoms with Crippen molar-refractivity contribution in [3.05, 3.63) is 72.1 Å². The number of rotatable bonds is 3. The molecule has 0 unspecified atom stereocenters. The van der Waals surface area contributed by atoms with Gasteiger partial charge in [0.05, 0.1) is 17.4 Å². The molecule has 4 aromatic rings. The lowest BCUT2D eigenvalue weighted by molar-refractivity contribution is 0.112. The average molecular weight is 314 g/mol. The summed E-state index contributed by atoms with van der Waals surface area (Å²) in [4.78, 5) is 12.0. The maximum absolute atomic E-state index is 12.0. The quantitative estimate of drug-likeness (QED) is 0.494. The van der Waals surface area contributed by atoms with E-state index in [0.29, 0.717) is 0 Å². The van der Waals surface area contributed by atoms with Crippen molar-refractivity contribution in [1.82, 2.24) is 9.61 Å². The molecule has 0 amide bonds. The van der Waals surface area contributed by atoms with Gasteiger partial charge in [0.15, 0.2) is 6.29 Å². The standard InChI is InChI=1S/C21H18N2O/c1-14(2)20-18(13-24)19(15-8-4-3-5-9-15)21-17-11-7-6-10-16(17)12-22-23(20)21/h3-14H,1-2H3. The Bertz CT molecular complexity index is 1050. The first-order chi connectivity index (χ1) is 11.7. The van der Waals surface area contributed by atoms with Crippen molar-refractivity contribution in [2.45, 2.75) is 19.8 Å². The Morgan fingerprint density at radius 1 is 1.00 bits per heavy atom. The molecule has 3 nitrogen and oxygen atoms in total. The van der Waals surface area contributed by atoms with Gasteiger partial charge in [-0.1, -0.05) is 68.4 Å². The third-order valence-corrected chi connectivity index (χ3v) is 4.48. The molecule has 3 heteroatoms. The topological polar surface area (TPSA) is 34.4 Å². The fraction of sp³-hybridized carbons (Fsp3) is 0.143. The van der Waals surface area contributed by atoms with Gasteiger partial charge in [-0.3, -0.25) is 4.79 Å². The Morgan fingerprint density at radius 3 is 2.42 bits per heavy atom. The number of benzene rings is 2. The maximum Gasteiger partial charge on any atom is 0.152 e. The zero-order valence-electron chi connectivity index (χ0n) is 13.7. The van der Waals surface area contributed by atoms with E-state index in [2.05, 4.69) is 31.1 Å². The SMILES string of the molecule is CC(C)c1c(C=O)c(-c2ccccc2)c2c3ccccc3cnn12. The lowest BCUT2D eigenvalue weighted by atomic mass is 9.97. The van der Waals surface area contributed by atoms with Crippen LogP contribution < -0.4 is 0 Å². The van der Waals surface area contributed by atoms with Crippen molar-refractivity contribution in [2.24, 2.45) is 0 Å². The first-order valence-electron chi connectivity index (χ1n) is 8.15. The Balaban J connectivity index is 2.27. The van der Waals surface area contributed by atoms with Gasteiger partial charge in [-0.25, -0.2) is 4.52 Å². The maximum atomic E-state index is 12.0. The van der Waals surface area contributed by atoms with Crippen LogP contribution in [0.15, 0.2) is 60.8 Å². The van der Waals surface area contributed by atoms with E-state index in [0.717, 1.165) is 45.0 Å². The molecule has 4 rings (SSSR count). The lowest BCUT2D eigenvalue weighted by Crippen LogP contribution is -2.01. The number of aromatic nitrogens is 2. The van der Waals surface area contributed by atoms with Crippen LogP contribution in [0.4, 0.5) is 0 Å². The minimum Gasteiger partial charge on any atom is -0.298 e. The predicted molar refractivity (Wildman–Crippen MR) is 97.6 cm³/mol. The van der Waals surface area contributed by atoms with E-state index < -0.39 is 0 Å². The highest BCUT2D eigenvalue weighted by Crippen LogP contribution is 2.38. The highest BCUT2D eigenvalue weighted by Gasteiger charge is 2.23. The van der Waals surface area contributed by atoms with E-state index >= 15 is 0 Å². The monoisotopic (exact) mass is 314 g/mol. The van der Waals surface area contributed by atoms with Crippen molar-refractivity contribution >= 4 is 22.6 Å². The number of fused-ring (bicyclic) bond motifs is 3. The van der Waals surface area contributed by atoms with Crippen LogP contribution in [0.25, 0.3) is 27.4 Å². The first-order valence-corrected chi connectivity index (χ1v) is 8.15. The molecule has 118 valence electrons. The Labute approximate surface area is 140 Å². The van der Waals surface area contributed by atoms with Crippen molar-refractivity contribution in [2.75, 3.05) is 0 Å². The molecule has 0 fully saturated rings. The van der Waals surface area contributed by atoms with Gasteiger partial charge in [-0.15, -0.1) is 0 Å². The Kier molecular flexibility index (Phi) is 3.42. The molecule has 0 bridgehead atoms. The summed E-state index contributed by atoms with van der Waals surface area (Å²) in [5.41, 5.74) is 4.72. The Hall–Kier alpha value is -2.94. The number of aldehydes is 1. The highest BCUT2D eigenvalue weighted by atomic mass is 16.1. The van der Waals surface area contributed by atoms with E-state index in [9.17, 15) is 4.79 Å². The van der Waals surface area contributed by atoms with Gasteiger partial charge in [0, 0.05) is 21.9 Å². The van der Waals surface area contributed by atoms with Crippen LogP contribution in [0.3, 0.4) is 0 Å². The predicted octanol–water partition coefficient (Wildman–Crippen LogP) is 5.09. The number of hydrogen-bond acceptors (Lipinski definition) is 2. The summed E-state index contributed by atoms with van der Waals surface area (Å²) in [6.45, 7) is 4.20. The molecule has 0 saturated heterocycles. The molecule has 0 atom stereocenters. The summed E-state index contributed by atoms with van der Waals surface area (Å²) in [5.74, 6) is 0.198. The zero-order chi connectivity index (χ0) is 16.7. The van der Waals surface area contributed by atoms with Crippen LogP contribution in [0.1, 0.15) is 35.8 Å². The van der Waals surface area contributed by atoms with Crippen molar-refractivity contribution in [3.63, 3.8) is 0 Å². The van der Waals surface area contributed by atoms with Crippen LogP contribution in [0.2, 0.25) is 0 Å². The highest BCUT2D eigenvalue weighted by molar-refractivity contribution is 6.08. The summed E-state index contributed by atoms with van der Waals surface area (Å²) >= 11 is 0.